The minimum absolute atomic E-state index is 0.0530. The number of unbranched alkanes of at least 4 members (excludes halogenated alkanes) is 10. The number of anilines is 1. The fourth-order valence-corrected chi connectivity index (χ4v) is 6.60. The van der Waals surface area contributed by atoms with Gasteiger partial charge in [0.25, 0.3) is 5.91 Å². The molecule has 2 unspecified atom stereocenters. The first kappa shape index (κ1) is 37.0. The number of carboxylic acid groups (broad SMARTS) is 1. The van der Waals surface area contributed by atoms with Crippen molar-refractivity contribution in [2.24, 2.45) is 5.92 Å². The number of hydrogen-bond acceptors (Lipinski definition) is 6. The number of carboxylic acids is 1. The second-order valence-corrected chi connectivity index (χ2v) is 13.3. The standard InChI is InChI=1S/C38H49ClN2O7/c1-3-4-5-6-7-8-9-10-11-12-13-16-35(42)40-28-17-19-30(33(39)22-28)32-24-36(43)48-34-23-29(18-20-31(32)34)47-26(2)37(44)41-21-14-15-27(25-41)38(45)46/h17-20,22-24,26-27H,3-16,21,25H2,1-2H3,(H,40,42)(H,45,46). The zero-order chi connectivity index (χ0) is 34.5. The summed E-state index contributed by atoms with van der Waals surface area (Å²) in [6.07, 6.45) is 14.2. The van der Waals surface area contributed by atoms with Crippen molar-refractivity contribution in [1.29, 1.82) is 0 Å². The highest BCUT2D eigenvalue weighted by Crippen LogP contribution is 2.35. The molecule has 3 aromatic rings. The van der Waals surface area contributed by atoms with Crippen LogP contribution >= 0.6 is 11.6 Å². The zero-order valence-electron chi connectivity index (χ0n) is 28.2. The lowest BCUT2D eigenvalue weighted by Gasteiger charge is -2.32. The van der Waals surface area contributed by atoms with Crippen LogP contribution in [-0.4, -0.2) is 47.0 Å². The molecule has 260 valence electrons. The molecule has 1 aliphatic rings. The lowest BCUT2D eigenvalue weighted by atomic mass is 9.98. The number of ether oxygens (including phenoxy) is 1. The highest BCUT2D eigenvalue weighted by atomic mass is 35.5. The van der Waals surface area contributed by atoms with Gasteiger partial charge in [-0.25, -0.2) is 4.79 Å². The Kier molecular flexibility index (Phi) is 14.4. The first-order valence-electron chi connectivity index (χ1n) is 17.5. The Labute approximate surface area is 288 Å². The molecule has 2 N–H and O–H groups in total. The van der Waals surface area contributed by atoms with Gasteiger partial charge < -0.3 is 24.5 Å². The summed E-state index contributed by atoms with van der Waals surface area (Å²) in [6.45, 7) is 4.49. The van der Waals surface area contributed by atoms with E-state index in [9.17, 15) is 24.3 Å². The maximum Gasteiger partial charge on any atom is 0.336 e. The molecule has 1 aliphatic heterocycles. The van der Waals surface area contributed by atoms with Gasteiger partial charge >= 0.3 is 11.6 Å². The number of aliphatic carboxylic acids is 1. The largest absolute Gasteiger partial charge is 0.481 e. The predicted molar refractivity (Wildman–Crippen MR) is 190 cm³/mol. The Balaban J connectivity index is 1.31. The normalized spacial score (nSPS) is 15.3. The molecule has 0 radical (unpaired) electrons. The maximum atomic E-state index is 13.0. The molecule has 1 aromatic heterocycles. The monoisotopic (exact) mass is 680 g/mol. The number of nitrogens with zero attached hydrogens (tertiary/aromatic N) is 1. The van der Waals surface area contributed by atoms with E-state index in [0.29, 0.717) is 58.8 Å². The van der Waals surface area contributed by atoms with Crippen molar-refractivity contribution in [3.63, 3.8) is 0 Å². The SMILES string of the molecule is CCCCCCCCCCCCCC(=O)Nc1ccc(-c2cc(=O)oc3cc(OC(C)C(=O)N4CCCC(C(=O)O)C4)ccc23)c(Cl)c1. The molecule has 4 rings (SSSR count). The molecule has 2 aromatic carbocycles. The summed E-state index contributed by atoms with van der Waals surface area (Å²) in [7, 11) is 0. The number of fused-ring (bicyclic) bond motifs is 1. The first-order valence-corrected chi connectivity index (χ1v) is 17.9. The predicted octanol–water partition coefficient (Wildman–Crippen LogP) is 8.84. The molecular weight excluding hydrogens is 632 g/mol. The second kappa shape index (κ2) is 18.6. The summed E-state index contributed by atoms with van der Waals surface area (Å²) in [4.78, 5) is 51.1. The second-order valence-electron chi connectivity index (χ2n) is 12.9. The summed E-state index contributed by atoms with van der Waals surface area (Å²) in [5.74, 6) is -1.51. The first-order chi connectivity index (χ1) is 23.2. The zero-order valence-corrected chi connectivity index (χ0v) is 29.0. The third-order valence-corrected chi connectivity index (χ3v) is 9.32. The van der Waals surface area contributed by atoms with Crippen molar-refractivity contribution in [3.8, 4) is 16.9 Å². The van der Waals surface area contributed by atoms with Crippen LogP contribution in [0, 0.1) is 5.92 Å². The Bertz CT molecular complexity index is 1600. The van der Waals surface area contributed by atoms with Gasteiger partial charge in [-0.2, -0.15) is 0 Å². The van der Waals surface area contributed by atoms with E-state index < -0.39 is 23.6 Å². The van der Waals surface area contributed by atoms with Crippen LogP contribution in [0.2, 0.25) is 5.02 Å². The van der Waals surface area contributed by atoms with Crippen molar-refractivity contribution < 1.29 is 28.6 Å². The van der Waals surface area contributed by atoms with E-state index in [2.05, 4.69) is 12.2 Å². The minimum Gasteiger partial charge on any atom is -0.481 e. The summed E-state index contributed by atoms with van der Waals surface area (Å²) < 4.78 is 11.4. The molecule has 0 saturated carbocycles. The van der Waals surface area contributed by atoms with Crippen molar-refractivity contribution in [1.82, 2.24) is 4.90 Å². The van der Waals surface area contributed by atoms with Crippen molar-refractivity contribution in [2.75, 3.05) is 18.4 Å². The fraction of sp³-hybridized carbons (Fsp3) is 0.526. The molecule has 0 spiro atoms. The summed E-state index contributed by atoms with van der Waals surface area (Å²) in [6, 6.07) is 11.6. The Morgan fingerprint density at radius 2 is 1.65 bits per heavy atom. The quantitative estimate of drug-likeness (QED) is 0.102. The van der Waals surface area contributed by atoms with E-state index in [1.54, 1.807) is 43.3 Å². The number of hydrogen-bond donors (Lipinski definition) is 2. The number of carbonyl (C=O) groups is 3. The van der Waals surface area contributed by atoms with Crippen LogP contribution in [0.25, 0.3) is 22.1 Å². The van der Waals surface area contributed by atoms with Gasteiger partial charge in [0.15, 0.2) is 6.10 Å². The van der Waals surface area contributed by atoms with Crippen LogP contribution in [-0.2, 0) is 14.4 Å². The third kappa shape index (κ3) is 10.8. The average Bonchev–Trinajstić information content (AvgIpc) is 3.06. The van der Waals surface area contributed by atoms with Gasteiger partial charge in [0, 0.05) is 53.8 Å². The lowest BCUT2D eigenvalue weighted by molar-refractivity contribution is -0.147. The van der Waals surface area contributed by atoms with Gasteiger partial charge in [-0.3, -0.25) is 14.4 Å². The molecule has 1 saturated heterocycles. The number of piperidine rings is 1. The van der Waals surface area contributed by atoms with Crippen LogP contribution in [0.15, 0.2) is 51.7 Å². The van der Waals surface area contributed by atoms with Gasteiger partial charge in [-0.1, -0.05) is 88.8 Å². The molecule has 0 bridgehead atoms. The molecule has 48 heavy (non-hydrogen) atoms. The van der Waals surface area contributed by atoms with Gasteiger partial charge in [0.1, 0.15) is 11.3 Å². The molecule has 10 heteroatoms. The Hall–Kier alpha value is -3.85. The van der Waals surface area contributed by atoms with E-state index in [1.807, 2.05) is 0 Å². The van der Waals surface area contributed by atoms with Crippen LogP contribution in [0.3, 0.4) is 0 Å². The Morgan fingerprint density at radius 3 is 2.31 bits per heavy atom. The van der Waals surface area contributed by atoms with E-state index in [1.165, 1.54) is 62.3 Å². The van der Waals surface area contributed by atoms with Crippen molar-refractivity contribution >= 4 is 46.0 Å². The smallest absolute Gasteiger partial charge is 0.336 e. The van der Waals surface area contributed by atoms with Gasteiger partial charge in [0.05, 0.1) is 10.9 Å². The van der Waals surface area contributed by atoms with Crippen molar-refractivity contribution in [2.45, 2.75) is 110 Å². The van der Waals surface area contributed by atoms with Crippen LogP contribution < -0.4 is 15.7 Å². The molecule has 9 nitrogen and oxygen atoms in total. The topological polar surface area (TPSA) is 126 Å². The number of amides is 2. The van der Waals surface area contributed by atoms with E-state index in [-0.39, 0.29) is 23.9 Å². The number of benzene rings is 2. The van der Waals surface area contributed by atoms with Gasteiger partial charge in [0.2, 0.25) is 5.91 Å². The van der Waals surface area contributed by atoms with Crippen LogP contribution in [0.5, 0.6) is 5.75 Å². The maximum absolute atomic E-state index is 13.0. The molecule has 2 heterocycles. The number of halogens is 1. The van der Waals surface area contributed by atoms with Gasteiger partial charge in [-0.05, 0) is 50.5 Å². The highest BCUT2D eigenvalue weighted by molar-refractivity contribution is 6.34. The van der Waals surface area contributed by atoms with Crippen LogP contribution in [0.4, 0.5) is 5.69 Å². The lowest BCUT2D eigenvalue weighted by Crippen LogP contribution is -2.47. The molecule has 0 aliphatic carbocycles. The number of likely N-dealkylation sites (tertiary alicyclic amines) is 1. The molecule has 2 atom stereocenters. The number of nitrogens with one attached hydrogen (secondary N) is 1. The van der Waals surface area contributed by atoms with E-state index in [4.69, 9.17) is 20.8 Å². The van der Waals surface area contributed by atoms with E-state index >= 15 is 0 Å². The molecule has 2 amide bonds. The third-order valence-electron chi connectivity index (χ3n) is 9.01. The summed E-state index contributed by atoms with van der Waals surface area (Å²) >= 11 is 6.67. The molecular formula is C38H49ClN2O7. The fourth-order valence-electron chi connectivity index (χ4n) is 6.31. The number of rotatable bonds is 18. The average molecular weight is 681 g/mol. The van der Waals surface area contributed by atoms with Gasteiger partial charge in [-0.15, -0.1) is 0 Å². The number of carbonyl (C=O) groups excluding carboxylic acids is 2. The highest BCUT2D eigenvalue weighted by Gasteiger charge is 2.31. The van der Waals surface area contributed by atoms with E-state index in [0.717, 1.165) is 19.3 Å². The molecule has 1 fully saturated rings. The van der Waals surface area contributed by atoms with Crippen LogP contribution in [0.1, 0.15) is 104 Å². The Morgan fingerprint density at radius 1 is 0.958 bits per heavy atom. The van der Waals surface area contributed by atoms with Crippen molar-refractivity contribution in [3.05, 3.63) is 57.9 Å². The summed E-state index contributed by atoms with van der Waals surface area (Å²) in [5, 5.41) is 13.3. The summed E-state index contributed by atoms with van der Waals surface area (Å²) in [5.41, 5.74) is 1.44. The minimum atomic E-state index is -0.907.